The molecule has 1 aromatic rings. The van der Waals surface area contributed by atoms with Crippen LogP contribution in [-0.2, 0) is 0 Å². The molecule has 0 aromatic carbocycles. The fraction of sp³-hybridized carbons (Fsp3) is 0. The van der Waals surface area contributed by atoms with Gasteiger partial charge in [0, 0.05) is 0 Å². The maximum absolute atomic E-state index is 12.2. The van der Waals surface area contributed by atoms with Gasteiger partial charge in [0.15, 0.2) is 5.69 Å². The second-order valence-corrected chi connectivity index (χ2v) is 1.77. The highest BCUT2D eigenvalue weighted by Crippen LogP contribution is 1.86. The number of halogens is 2. The van der Waals surface area contributed by atoms with Crippen LogP contribution in [0, 0.1) is 5.95 Å². The van der Waals surface area contributed by atoms with E-state index in [0.29, 0.717) is 0 Å². The van der Waals surface area contributed by atoms with Gasteiger partial charge in [0.05, 0.1) is 6.20 Å². The Kier molecular flexibility index (Phi) is 3.36. The third kappa shape index (κ3) is 2.03. The van der Waals surface area contributed by atoms with E-state index in [1.54, 1.807) is 0 Å². The van der Waals surface area contributed by atoms with E-state index < -0.39 is 23.1 Å². The summed E-state index contributed by atoms with van der Waals surface area (Å²) < 4.78 is 12.2. The maximum atomic E-state index is 12.2. The molecular weight excluding hydrogens is 189 g/mol. The van der Waals surface area contributed by atoms with Crippen LogP contribution >= 0.6 is 12.4 Å². The number of aromatic amines is 1. The van der Waals surface area contributed by atoms with Crippen LogP contribution in [0.25, 0.3) is 0 Å². The summed E-state index contributed by atoms with van der Waals surface area (Å²) in [7, 11) is 0. The molecule has 3 N–H and O–H groups in total. The lowest BCUT2D eigenvalue weighted by molar-refractivity contribution is 0.0992. The normalized spacial score (nSPS) is 8.75. The monoisotopic (exact) mass is 193 g/mol. The molecule has 66 valence electrons. The Labute approximate surface area is 72.2 Å². The van der Waals surface area contributed by atoms with Crippen LogP contribution in [0.15, 0.2) is 11.0 Å². The van der Waals surface area contributed by atoms with Crippen LogP contribution < -0.4 is 11.3 Å². The number of H-pyrrole nitrogens is 1. The molecule has 5 nitrogen and oxygen atoms in total. The fourth-order valence-electron chi connectivity index (χ4n) is 0.550. The Morgan fingerprint density at radius 3 is 2.67 bits per heavy atom. The Morgan fingerprint density at radius 2 is 2.25 bits per heavy atom. The van der Waals surface area contributed by atoms with Gasteiger partial charge >= 0.3 is 0 Å². The van der Waals surface area contributed by atoms with Crippen molar-refractivity contribution >= 4 is 18.3 Å². The summed E-state index contributed by atoms with van der Waals surface area (Å²) in [5, 5.41) is 0. The molecule has 12 heavy (non-hydrogen) atoms. The minimum atomic E-state index is -1.05. The minimum absolute atomic E-state index is 0. The summed E-state index contributed by atoms with van der Waals surface area (Å²) in [6.45, 7) is 0. The van der Waals surface area contributed by atoms with Gasteiger partial charge in [-0.2, -0.15) is 4.39 Å². The van der Waals surface area contributed by atoms with Gasteiger partial charge in [0.25, 0.3) is 11.5 Å². The molecule has 1 heterocycles. The zero-order chi connectivity index (χ0) is 8.43. The van der Waals surface area contributed by atoms with Gasteiger partial charge in [0.1, 0.15) is 0 Å². The van der Waals surface area contributed by atoms with Crippen molar-refractivity contribution in [3.05, 3.63) is 28.2 Å². The number of aromatic nitrogens is 2. The van der Waals surface area contributed by atoms with Crippen LogP contribution in [0.2, 0.25) is 0 Å². The van der Waals surface area contributed by atoms with E-state index in [-0.39, 0.29) is 12.4 Å². The topological polar surface area (TPSA) is 88.8 Å². The number of nitrogens with zero attached hydrogens (tertiary/aromatic N) is 1. The summed E-state index contributed by atoms with van der Waals surface area (Å²) in [5.41, 5.74) is 3.28. The van der Waals surface area contributed by atoms with Crippen molar-refractivity contribution in [2.24, 2.45) is 5.73 Å². The SMILES string of the molecule is Cl.NC(=O)c1nc(F)c[nH]c1=O. The summed E-state index contributed by atoms with van der Waals surface area (Å²) in [6, 6.07) is 0. The standard InChI is InChI=1S/C5H4FN3O2.ClH/c6-2-1-8-5(11)3(9-2)4(7)10;/h1H,(H2,7,10)(H,8,11);1H. The summed E-state index contributed by atoms with van der Waals surface area (Å²) in [5.74, 6) is -2.00. The average molecular weight is 194 g/mol. The van der Waals surface area contributed by atoms with Crippen molar-refractivity contribution in [1.29, 1.82) is 0 Å². The molecule has 0 bridgehead atoms. The number of primary amides is 1. The molecule has 0 unspecified atom stereocenters. The van der Waals surface area contributed by atoms with Crippen molar-refractivity contribution in [1.82, 2.24) is 9.97 Å². The molecule has 7 heteroatoms. The molecule has 0 saturated heterocycles. The number of amides is 1. The molecule has 0 aliphatic heterocycles. The van der Waals surface area contributed by atoms with Gasteiger partial charge in [-0.15, -0.1) is 12.4 Å². The third-order valence-electron chi connectivity index (χ3n) is 0.989. The highest BCUT2D eigenvalue weighted by atomic mass is 35.5. The summed E-state index contributed by atoms with van der Waals surface area (Å²) in [4.78, 5) is 25.9. The molecule has 1 aromatic heterocycles. The molecule has 0 fully saturated rings. The molecule has 0 atom stereocenters. The lowest BCUT2D eigenvalue weighted by Crippen LogP contribution is -2.25. The first-order valence-electron chi connectivity index (χ1n) is 2.66. The predicted molar refractivity (Wildman–Crippen MR) is 40.6 cm³/mol. The number of hydrogen-bond acceptors (Lipinski definition) is 3. The zero-order valence-electron chi connectivity index (χ0n) is 5.70. The quantitative estimate of drug-likeness (QED) is 0.626. The number of nitrogens with one attached hydrogen (secondary N) is 1. The van der Waals surface area contributed by atoms with Crippen LogP contribution in [0.5, 0.6) is 0 Å². The van der Waals surface area contributed by atoms with Gasteiger partial charge in [-0.1, -0.05) is 0 Å². The maximum Gasteiger partial charge on any atom is 0.279 e. The first kappa shape index (κ1) is 10.6. The second kappa shape index (κ2) is 3.82. The average Bonchev–Trinajstić information content (AvgIpc) is 1.94. The number of nitrogens with two attached hydrogens (primary N) is 1. The summed E-state index contributed by atoms with van der Waals surface area (Å²) >= 11 is 0. The Hall–Kier alpha value is -1.43. The van der Waals surface area contributed by atoms with E-state index in [2.05, 4.69) is 4.98 Å². The molecule has 0 aliphatic rings. The van der Waals surface area contributed by atoms with Crippen molar-refractivity contribution in [3.63, 3.8) is 0 Å². The number of rotatable bonds is 1. The molecule has 0 aliphatic carbocycles. The van der Waals surface area contributed by atoms with Crippen LogP contribution in [0.1, 0.15) is 10.5 Å². The molecule has 0 spiro atoms. The van der Waals surface area contributed by atoms with Crippen molar-refractivity contribution < 1.29 is 9.18 Å². The molecular formula is C5H5ClFN3O2. The van der Waals surface area contributed by atoms with Crippen molar-refractivity contribution in [3.8, 4) is 0 Å². The van der Waals surface area contributed by atoms with E-state index in [4.69, 9.17) is 5.73 Å². The van der Waals surface area contributed by atoms with E-state index in [0.717, 1.165) is 6.20 Å². The molecule has 1 amide bonds. The largest absolute Gasteiger partial charge is 0.364 e. The van der Waals surface area contributed by atoms with E-state index >= 15 is 0 Å². The van der Waals surface area contributed by atoms with Crippen LogP contribution in [0.4, 0.5) is 4.39 Å². The number of carbonyl (C=O) groups is 1. The van der Waals surface area contributed by atoms with E-state index in [9.17, 15) is 14.0 Å². The predicted octanol–water partition coefficient (Wildman–Crippen LogP) is -0.570. The molecule has 0 saturated carbocycles. The first-order chi connectivity index (χ1) is 5.11. The van der Waals surface area contributed by atoms with E-state index in [1.165, 1.54) is 0 Å². The minimum Gasteiger partial charge on any atom is -0.364 e. The number of hydrogen-bond donors (Lipinski definition) is 2. The van der Waals surface area contributed by atoms with Crippen LogP contribution in [0.3, 0.4) is 0 Å². The van der Waals surface area contributed by atoms with Gasteiger partial charge < -0.3 is 10.7 Å². The Morgan fingerprint density at radius 1 is 1.67 bits per heavy atom. The Balaban J connectivity index is 0.00000121. The van der Waals surface area contributed by atoms with Gasteiger partial charge in [0.2, 0.25) is 5.95 Å². The zero-order valence-corrected chi connectivity index (χ0v) is 6.52. The van der Waals surface area contributed by atoms with Crippen LogP contribution in [-0.4, -0.2) is 15.9 Å². The molecule has 1 rings (SSSR count). The lowest BCUT2D eigenvalue weighted by atomic mass is 10.4. The molecule has 0 radical (unpaired) electrons. The number of carbonyl (C=O) groups excluding carboxylic acids is 1. The highest BCUT2D eigenvalue weighted by molar-refractivity contribution is 5.90. The Bertz CT molecular complexity index is 351. The fourth-order valence-corrected chi connectivity index (χ4v) is 0.550. The van der Waals surface area contributed by atoms with Crippen molar-refractivity contribution in [2.75, 3.05) is 0 Å². The third-order valence-corrected chi connectivity index (χ3v) is 0.989. The smallest absolute Gasteiger partial charge is 0.279 e. The first-order valence-corrected chi connectivity index (χ1v) is 2.66. The lowest BCUT2D eigenvalue weighted by Gasteiger charge is -1.91. The van der Waals surface area contributed by atoms with Gasteiger partial charge in [-0.25, -0.2) is 4.98 Å². The summed E-state index contributed by atoms with van der Waals surface area (Å²) in [6.07, 6.45) is 0.745. The second-order valence-electron chi connectivity index (χ2n) is 1.77. The van der Waals surface area contributed by atoms with E-state index in [1.807, 2.05) is 4.98 Å². The van der Waals surface area contributed by atoms with Gasteiger partial charge in [-0.05, 0) is 0 Å². The van der Waals surface area contributed by atoms with Crippen molar-refractivity contribution in [2.45, 2.75) is 0 Å². The highest BCUT2D eigenvalue weighted by Gasteiger charge is 2.08. The van der Waals surface area contributed by atoms with Gasteiger partial charge in [-0.3, -0.25) is 9.59 Å².